The van der Waals surface area contributed by atoms with E-state index in [1.165, 1.54) is 57.3 Å². The third kappa shape index (κ3) is 6.35. The van der Waals surface area contributed by atoms with Crippen LogP contribution in [0.25, 0.3) is 0 Å². The normalized spacial score (nSPS) is 13.9. The number of hydrogen-bond acceptors (Lipinski definition) is 3. The van der Waals surface area contributed by atoms with Crippen LogP contribution in [0.2, 0.25) is 5.15 Å². The van der Waals surface area contributed by atoms with E-state index in [0.717, 1.165) is 24.4 Å². The average molecular weight is 840 g/mol. The first-order chi connectivity index (χ1) is 18.7. The first-order valence-electron chi connectivity index (χ1n) is 10.4. The smallest absolute Gasteiger partial charge is 0.320 e. The van der Waals surface area contributed by atoms with Crippen molar-refractivity contribution in [3.05, 3.63) is 83.5 Å². The summed E-state index contributed by atoms with van der Waals surface area (Å²) in [5.41, 5.74) is -9.90. The number of carbonyl (C=O) groups is 2. The lowest BCUT2D eigenvalue weighted by molar-refractivity contribution is -0.389. The largest absolute Gasteiger partial charge is 0.457 e. The van der Waals surface area contributed by atoms with Crippen molar-refractivity contribution < 1.29 is 53.5 Å². The molecule has 3 rings (SSSR count). The topological polar surface area (TPSA) is 71.1 Å². The fourth-order valence-corrected chi connectivity index (χ4v) is 5.45. The fraction of sp³-hybridized carbons (Fsp3) is 0.174. The molecule has 1 aromatic heterocycles. The van der Waals surface area contributed by atoms with Crippen LogP contribution in [0.5, 0.6) is 0 Å². The van der Waals surface area contributed by atoms with Crippen LogP contribution in [-0.4, -0.2) is 35.1 Å². The van der Waals surface area contributed by atoms with Crippen molar-refractivity contribution >= 4 is 80.0 Å². The van der Waals surface area contributed by atoms with Gasteiger partial charge < -0.3 is 10.6 Å². The number of pyridine rings is 1. The molecule has 2 aromatic carbocycles. The SMILES string of the molecule is O=C(Nc1cccc(C(=O)Nc2c(I)cc(C(F)(C(F)(F)F)C(F)(F)C(F)(F)F)cc2I)c1F)c1ccc(Cl)nc1. The lowest BCUT2D eigenvalue weighted by Crippen LogP contribution is -2.59. The van der Waals surface area contributed by atoms with Gasteiger partial charge in [0.15, 0.2) is 5.82 Å². The monoisotopic (exact) mass is 839 g/mol. The average Bonchev–Trinajstić information content (AvgIpc) is 2.85. The molecule has 220 valence electrons. The standard InChI is InChI=1S/C23H10ClF10I2N3O2/c24-15-5-4-9(8-37-15)18(40)38-14-3-1-2-11(16(14)25)19(41)39-17-12(35)6-10(7-13(17)36)20(26,22(29,30)31)21(27,28)23(32,33)34/h1-8H,(H,38,40)(H,39,41). The maximum atomic E-state index is 15.1. The van der Waals surface area contributed by atoms with Crippen LogP contribution < -0.4 is 10.6 Å². The molecule has 41 heavy (non-hydrogen) atoms. The molecular weight excluding hydrogens is 830 g/mol. The Morgan fingerprint density at radius 3 is 1.88 bits per heavy atom. The van der Waals surface area contributed by atoms with Gasteiger partial charge in [0.2, 0.25) is 0 Å². The Hall–Kier alpha value is -2.42. The van der Waals surface area contributed by atoms with Crippen molar-refractivity contribution in [2.45, 2.75) is 23.9 Å². The van der Waals surface area contributed by atoms with E-state index in [9.17, 15) is 49.1 Å². The van der Waals surface area contributed by atoms with Crippen LogP contribution in [0.1, 0.15) is 26.3 Å². The molecule has 1 atom stereocenters. The van der Waals surface area contributed by atoms with E-state index in [0.29, 0.717) is 0 Å². The van der Waals surface area contributed by atoms with Gasteiger partial charge in [-0.1, -0.05) is 17.7 Å². The third-order valence-corrected chi connectivity index (χ3v) is 7.26. The molecule has 5 nitrogen and oxygen atoms in total. The van der Waals surface area contributed by atoms with E-state index in [1.54, 1.807) is 0 Å². The van der Waals surface area contributed by atoms with Gasteiger partial charge in [0.1, 0.15) is 5.15 Å². The van der Waals surface area contributed by atoms with Crippen LogP contribution in [-0.2, 0) is 5.67 Å². The number of carbonyl (C=O) groups excluding carboxylic acids is 2. The molecule has 0 bridgehead atoms. The molecule has 0 radical (unpaired) electrons. The first-order valence-corrected chi connectivity index (χ1v) is 13.0. The molecule has 2 amide bonds. The second-order valence-electron chi connectivity index (χ2n) is 7.99. The van der Waals surface area contributed by atoms with Gasteiger partial charge in [0.05, 0.1) is 22.5 Å². The summed E-state index contributed by atoms with van der Waals surface area (Å²) in [6, 6.07) is 5.89. The zero-order valence-corrected chi connectivity index (χ0v) is 24.4. The number of anilines is 2. The van der Waals surface area contributed by atoms with Crippen LogP contribution in [0.15, 0.2) is 48.7 Å². The van der Waals surface area contributed by atoms with Crippen molar-refractivity contribution in [1.82, 2.24) is 4.98 Å². The molecule has 0 fully saturated rings. The van der Waals surface area contributed by atoms with Crippen LogP contribution >= 0.6 is 56.8 Å². The highest BCUT2D eigenvalue weighted by atomic mass is 127. The Labute approximate surface area is 255 Å². The lowest BCUT2D eigenvalue weighted by Gasteiger charge is -2.36. The number of halogens is 13. The van der Waals surface area contributed by atoms with Gasteiger partial charge in [0.25, 0.3) is 11.8 Å². The summed E-state index contributed by atoms with van der Waals surface area (Å²) < 4.78 is 135. The van der Waals surface area contributed by atoms with Gasteiger partial charge in [-0.05, 0) is 81.6 Å². The number of benzene rings is 2. The summed E-state index contributed by atoms with van der Waals surface area (Å²) in [4.78, 5) is 28.9. The maximum Gasteiger partial charge on any atom is 0.457 e. The lowest BCUT2D eigenvalue weighted by atomic mass is 9.87. The molecule has 1 unspecified atom stereocenters. The Morgan fingerprint density at radius 1 is 0.805 bits per heavy atom. The highest BCUT2D eigenvalue weighted by molar-refractivity contribution is 14.1. The molecule has 0 aliphatic heterocycles. The van der Waals surface area contributed by atoms with E-state index in [4.69, 9.17) is 11.6 Å². The number of hydrogen-bond donors (Lipinski definition) is 2. The summed E-state index contributed by atoms with van der Waals surface area (Å²) >= 11 is 7.99. The van der Waals surface area contributed by atoms with Gasteiger partial charge in [-0.25, -0.2) is 13.8 Å². The van der Waals surface area contributed by atoms with E-state index in [-0.39, 0.29) is 22.8 Å². The Kier molecular flexibility index (Phi) is 9.44. The summed E-state index contributed by atoms with van der Waals surface area (Å²) in [5, 5.41) is 4.37. The molecule has 0 aliphatic rings. The highest BCUT2D eigenvalue weighted by Crippen LogP contribution is 2.58. The number of amides is 2. The van der Waals surface area contributed by atoms with E-state index < -0.39 is 71.2 Å². The van der Waals surface area contributed by atoms with Crippen LogP contribution in [0.3, 0.4) is 0 Å². The second-order valence-corrected chi connectivity index (χ2v) is 10.7. The van der Waals surface area contributed by atoms with Gasteiger partial charge in [-0.15, -0.1) is 0 Å². The van der Waals surface area contributed by atoms with Crippen molar-refractivity contribution in [3.8, 4) is 0 Å². The summed E-state index contributed by atoms with van der Waals surface area (Å²) in [5.74, 6) is -10.2. The summed E-state index contributed by atoms with van der Waals surface area (Å²) in [6.07, 6.45) is -12.5. The summed E-state index contributed by atoms with van der Waals surface area (Å²) in [7, 11) is 0. The molecular formula is C23H10ClF10I2N3O2. The van der Waals surface area contributed by atoms with Gasteiger partial charge in [0, 0.05) is 18.9 Å². The predicted molar refractivity (Wildman–Crippen MR) is 143 cm³/mol. The van der Waals surface area contributed by atoms with Gasteiger partial charge in [-0.2, -0.15) is 35.1 Å². The second kappa shape index (κ2) is 11.7. The minimum atomic E-state index is -6.91. The predicted octanol–water partition coefficient (Wildman–Crippen LogP) is 8.51. The molecule has 2 N–H and O–H groups in total. The number of nitrogens with zero attached hydrogens (tertiary/aromatic N) is 1. The molecule has 3 aromatic rings. The van der Waals surface area contributed by atoms with Crippen molar-refractivity contribution in [2.24, 2.45) is 0 Å². The van der Waals surface area contributed by atoms with E-state index in [1.807, 2.05) is 0 Å². The number of nitrogens with one attached hydrogen (secondary N) is 2. The number of alkyl halides is 9. The molecule has 0 saturated carbocycles. The quantitative estimate of drug-likeness (QED) is 0.149. The minimum absolute atomic E-state index is 0.0215. The number of rotatable bonds is 6. The first kappa shape index (κ1) is 33.1. The third-order valence-electron chi connectivity index (χ3n) is 5.34. The molecule has 0 aliphatic carbocycles. The zero-order chi connectivity index (χ0) is 31.1. The highest BCUT2D eigenvalue weighted by Gasteiger charge is 2.81. The zero-order valence-electron chi connectivity index (χ0n) is 19.3. The fourth-order valence-electron chi connectivity index (χ4n) is 3.30. The Balaban J connectivity index is 1.96. The van der Waals surface area contributed by atoms with Crippen molar-refractivity contribution in [2.75, 3.05) is 10.6 Å². The van der Waals surface area contributed by atoms with Crippen molar-refractivity contribution in [1.29, 1.82) is 0 Å². The van der Waals surface area contributed by atoms with Crippen LogP contribution in [0, 0.1) is 13.0 Å². The molecule has 0 saturated heterocycles. The van der Waals surface area contributed by atoms with E-state index >= 15 is 4.39 Å². The number of aromatic nitrogens is 1. The van der Waals surface area contributed by atoms with Crippen LogP contribution in [0.4, 0.5) is 55.3 Å². The molecule has 18 heteroatoms. The molecule has 1 heterocycles. The summed E-state index contributed by atoms with van der Waals surface area (Å²) in [6.45, 7) is 0. The minimum Gasteiger partial charge on any atom is -0.320 e. The molecule has 0 spiro atoms. The van der Waals surface area contributed by atoms with Gasteiger partial charge in [-0.3, -0.25) is 9.59 Å². The Bertz CT molecular complexity index is 1480. The maximum absolute atomic E-state index is 15.1. The Morgan fingerprint density at radius 2 is 1.39 bits per heavy atom. The van der Waals surface area contributed by atoms with E-state index in [2.05, 4.69) is 15.6 Å². The van der Waals surface area contributed by atoms with Gasteiger partial charge >= 0.3 is 23.9 Å². The van der Waals surface area contributed by atoms with Crippen molar-refractivity contribution in [3.63, 3.8) is 0 Å².